The van der Waals surface area contributed by atoms with Crippen molar-refractivity contribution in [2.45, 2.75) is 261 Å². The molecule has 0 spiro atoms. The molecule has 45 heteroatoms. The van der Waals surface area contributed by atoms with Gasteiger partial charge in [0.15, 0.2) is 0 Å². The molecule has 724 valence electrons. The number of nitrogens with one attached hydrogen (secondary N) is 14. The van der Waals surface area contributed by atoms with Crippen molar-refractivity contribution < 1.29 is 137 Å². The molecule has 3 aromatic rings. The van der Waals surface area contributed by atoms with E-state index in [1.807, 2.05) is 0 Å². The molecule has 44 nitrogen and oxygen atoms in total. The van der Waals surface area contributed by atoms with Gasteiger partial charge in [0.2, 0.25) is 88.6 Å². The number of nitrogens with zero attached hydrogens (tertiary/aromatic N) is 1. The number of nitrogens with two attached hydrogens (primary N) is 1. The third-order valence-corrected chi connectivity index (χ3v) is 21.8. The minimum Gasteiger partial charge on any atom is -0.508 e. The van der Waals surface area contributed by atoms with Crippen LogP contribution in [0.4, 0.5) is 4.79 Å². The molecule has 4 rings (SSSR count). The van der Waals surface area contributed by atoms with Gasteiger partial charge in [0, 0.05) is 44.7 Å². The molecular weight excluding hydrogens is 1740 g/mol. The third-order valence-electron chi connectivity index (χ3n) is 20.9. The molecule has 1 fully saturated rings. The van der Waals surface area contributed by atoms with Crippen LogP contribution in [0.2, 0.25) is 0 Å². The zero-order valence-corrected chi connectivity index (χ0v) is 75.0. The number of aliphatic hydroxyl groups is 4. The summed E-state index contributed by atoms with van der Waals surface area (Å²) in [6.07, 6.45) is -2.42. The average molecular weight is 1860 g/mol. The minimum absolute atomic E-state index is 0.0503. The number of thioether (sulfide) groups is 1. The number of phenols is 2. The van der Waals surface area contributed by atoms with Crippen molar-refractivity contribution in [1.82, 2.24) is 79.3 Å². The largest absolute Gasteiger partial charge is 0.508 e. The summed E-state index contributed by atoms with van der Waals surface area (Å²) >= 11 is 0.950. The molecule has 1 aliphatic heterocycles. The summed E-state index contributed by atoms with van der Waals surface area (Å²) in [4.78, 5) is 258. The maximum atomic E-state index is 14.7. The van der Waals surface area contributed by atoms with Gasteiger partial charge >= 0.3 is 17.9 Å². The Balaban J connectivity index is 1.52. The van der Waals surface area contributed by atoms with E-state index in [1.165, 1.54) is 72.5 Å². The number of aliphatic hydroxyl groups excluding tert-OH is 4. The molecule has 3 aromatic carbocycles. The van der Waals surface area contributed by atoms with Crippen LogP contribution in [0.25, 0.3) is 0 Å². The lowest BCUT2D eigenvalue weighted by Crippen LogP contribution is -2.63. The van der Waals surface area contributed by atoms with Crippen LogP contribution in [-0.4, -0.2) is 292 Å². The van der Waals surface area contributed by atoms with E-state index in [9.17, 15) is 137 Å². The first-order chi connectivity index (χ1) is 62.0. The van der Waals surface area contributed by atoms with Gasteiger partial charge in [-0.25, -0.2) is 0 Å². The lowest BCUT2D eigenvalue weighted by atomic mass is 9.96. The Kier molecular flexibility index (Phi) is 48.7. The van der Waals surface area contributed by atoms with Crippen molar-refractivity contribution in [3.05, 3.63) is 95.6 Å². The Morgan fingerprint density at radius 2 is 0.809 bits per heavy atom. The van der Waals surface area contributed by atoms with E-state index >= 15 is 0 Å². The normalized spacial score (nSPS) is 15.5. The number of unbranched alkanes of at least 4 members (excludes halogenated alkanes) is 6. The van der Waals surface area contributed by atoms with Crippen LogP contribution in [0.15, 0.2) is 78.9 Å². The molecule has 0 aromatic heterocycles. The Hall–Kier alpha value is -12.5. The number of aliphatic carboxylic acids is 3. The Bertz CT molecular complexity index is 4340. The van der Waals surface area contributed by atoms with Crippen LogP contribution in [-0.2, 0) is 106 Å². The number of carbonyl (C=O) groups excluding carboxylic acids is 16. The fourth-order valence-electron chi connectivity index (χ4n) is 13.4. The summed E-state index contributed by atoms with van der Waals surface area (Å²) in [5, 5.41) is 126. The van der Waals surface area contributed by atoms with Crippen LogP contribution < -0.4 is 80.2 Å². The first kappa shape index (κ1) is 111. The molecule has 131 heavy (non-hydrogen) atoms. The summed E-state index contributed by atoms with van der Waals surface area (Å²) in [7, 11) is 0. The fraction of sp³-hybridized carbons (Fsp3) is 0.570. The maximum Gasteiger partial charge on any atom is 0.305 e. The molecule has 1 aliphatic rings. The van der Waals surface area contributed by atoms with Crippen LogP contribution in [0, 0.1) is 11.8 Å². The van der Waals surface area contributed by atoms with E-state index in [-0.39, 0.29) is 65.6 Å². The summed E-state index contributed by atoms with van der Waals surface area (Å²) in [6, 6.07) is -3.99. The van der Waals surface area contributed by atoms with Gasteiger partial charge in [0.25, 0.3) is 5.24 Å². The first-order valence-corrected chi connectivity index (χ1v) is 44.2. The molecule has 1 saturated heterocycles. The molecule has 16 atom stereocenters. The number of amides is 16. The highest BCUT2D eigenvalue weighted by molar-refractivity contribution is 8.14. The van der Waals surface area contributed by atoms with Gasteiger partial charge in [0.1, 0.15) is 84.0 Å². The highest BCUT2D eigenvalue weighted by Gasteiger charge is 2.41. The Labute approximate surface area is 760 Å². The predicted molar refractivity (Wildman–Crippen MR) is 470 cm³/mol. The molecule has 0 aliphatic carbocycles. The number of aromatic hydroxyl groups is 2. The van der Waals surface area contributed by atoms with E-state index < -0.39 is 256 Å². The molecule has 1 heterocycles. The second-order valence-electron chi connectivity index (χ2n) is 32.4. The SMILES string of the molecule is CC[C@H](C)[C@H](NC(=O)[C@H](CO)NC(=O)[C@H](Cc1ccc(O)cc1)NC(=O)[C@H](CC(=O)O)NC(=O)[C@H](CO)NC(=O)[C@@H](NC(=O)[C@H](Cc1ccccc1)NC(=O)[C@@H](NC(=O)CNC(=O)[C@H](CCC(=O)O)NC(=O)CCCCCCCCN1C(=O)CSC1=O)[C@@H](C)O)[C@@H](C)O)C(=O)N[C@@H](Cc1ccc(O)cc1)C(=O)N[C@@H](CC(C)C)C(=O)N[C@@H](CC(=O)O)C(=O)N[C@H](C)CCCCN. The quantitative estimate of drug-likeness (QED) is 0.0247. The van der Waals surface area contributed by atoms with E-state index in [2.05, 4.69) is 74.4 Å². The second-order valence-corrected chi connectivity index (χ2v) is 33.4. The van der Waals surface area contributed by atoms with E-state index in [4.69, 9.17) is 5.73 Å². The van der Waals surface area contributed by atoms with Crippen molar-refractivity contribution in [2.75, 3.05) is 38.6 Å². The smallest absolute Gasteiger partial charge is 0.305 e. The molecule has 0 saturated carbocycles. The molecule has 25 N–H and O–H groups in total. The molecular formula is C86H126N16O28S. The summed E-state index contributed by atoms with van der Waals surface area (Å²) in [5.74, 6) is -22.0. The zero-order valence-electron chi connectivity index (χ0n) is 74.2. The number of hydrogen-bond acceptors (Lipinski definition) is 27. The van der Waals surface area contributed by atoms with Gasteiger partial charge in [-0.2, -0.15) is 0 Å². The number of carboxylic acid groups (broad SMARTS) is 3. The Morgan fingerprint density at radius 3 is 1.27 bits per heavy atom. The molecule has 0 bridgehead atoms. The van der Waals surface area contributed by atoms with E-state index in [0.717, 1.165) is 38.5 Å². The van der Waals surface area contributed by atoms with Crippen molar-refractivity contribution >= 4 is 124 Å². The first-order valence-electron chi connectivity index (χ1n) is 43.2. The standard InChI is InChI=1S/C86H126N16O28S/c1-8-47(4)71(83(127)95-59(39-53-26-30-55(108)31-27-53)77(121)91-57(36-46(2)3)76(120)93-61(40-69(114)115)75(119)89-48(5)20-17-18-34-87)100-82(126)64(44-104)97-78(122)58(38-52-24-28-54(107)29-25-52)92-79(123)62(41-70(116)117)94-81(125)63(43-103)98-85(129)73(50(7)106)101-80(124)60(37-51-21-14-13-15-22-51)96-84(128)72(49(6)105)99-66(110)42-88-74(118)56(32-33-68(112)113)90-65(109)23-16-11-9-10-12-19-35-102-67(111)45-131-86(102)130/h13-15,21-22,24-31,46-50,56-64,71-73,103-108H,8-12,16-20,23,32-45,87H2,1-7H3,(H,88,118)(H,89,119)(H,90,109)(H,91,121)(H,92,123)(H,93,120)(H,94,125)(H,95,127)(H,96,128)(H,97,122)(H,98,129)(H,99,110)(H,100,126)(H,101,124)(H,112,113)(H,114,115)(H,116,117)/t47-,48+,49+,50+,56-,57-,58-,59-,60-,61-,62-,63-,64-,71-,72-,73-/m0/s1. The van der Waals surface area contributed by atoms with Gasteiger partial charge in [0.05, 0.1) is 50.6 Å². The lowest BCUT2D eigenvalue weighted by molar-refractivity contribution is -0.142. The highest BCUT2D eigenvalue weighted by Crippen LogP contribution is 2.22. The topological polar surface area (TPSA) is 704 Å². The molecule has 16 amide bonds. The number of rotatable bonds is 61. The van der Waals surface area contributed by atoms with Gasteiger partial charge in [-0.3, -0.25) is 96.0 Å². The number of phenolic OH excluding ortho intramolecular Hbond substituents is 2. The van der Waals surface area contributed by atoms with Crippen molar-refractivity contribution in [3.8, 4) is 11.5 Å². The number of benzene rings is 3. The van der Waals surface area contributed by atoms with Crippen LogP contribution in [0.5, 0.6) is 11.5 Å². The fourth-order valence-corrected chi connectivity index (χ4v) is 14.2. The van der Waals surface area contributed by atoms with Gasteiger partial charge < -0.3 is 126 Å². The summed E-state index contributed by atoms with van der Waals surface area (Å²) < 4.78 is 0. The molecule has 0 unspecified atom stereocenters. The molecule has 0 radical (unpaired) electrons. The third kappa shape index (κ3) is 40.6. The predicted octanol–water partition coefficient (Wildman–Crippen LogP) is -3.23. The van der Waals surface area contributed by atoms with Crippen molar-refractivity contribution in [1.29, 1.82) is 0 Å². The lowest BCUT2D eigenvalue weighted by Gasteiger charge is -2.30. The number of imide groups is 1. The minimum atomic E-state index is -2.22. The summed E-state index contributed by atoms with van der Waals surface area (Å²) in [5.41, 5.74) is 6.51. The maximum absolute atomic E-state index is 14.7. The number of carbonyl (C=O) groups is 19. The van der Waals surface area contributed by atoms with Gasteiger partial charge in [-0.05, 0) is 119 Å². The van der Waals surface area contributed by atoms with E-state index in [1.54, 1.807) is 45.9 Å². The van der Waals surface area contributed by atoms with E-state index in [0.29, 0.717) is 69.2 Å². The van der Waals surface area contributed by atoms with Crippen LogP contribution >= 0.6 is 11.8 Å². The van der Waals surface area contributed by atoms with Crippen molar-refractivity contribution in [2.24, 2.45) is 17.6 Å². The summed E-state index contributed by atoms with van der Waals surface area (Å²) in [6.45, 7) is 7.61. The van der Waals surface area contributed by atoms with Crippen LogP contribution in [0.1, 0.15) is 168 Å². The Morgan fingerprint density at radius 1 is 0.405 bits per heavy atom. The number of hydrogen-bond donors (Lipinski definition) is 24. The zero-order chi connectivity index (χ0) is 97.7. The number of carboxylic acids is 3. The monoisotopic (exact) mass is 1860 g/mol. The van der Waals surface area contributed by atoms with Gasteiger partial charge in [-0.1, -0.05) is 133 Å². The van der Waals surface area contributed by atoms with Gasteiger partial charge in [-0.15, -0.1) is 0 Å². The van der Waals surface area contributed by atoms with Crippen molar-refractivity contribution in [3.63, 3.8) is 0 Å². The second kappa shape index (κ2) is 57.6. The average Bonchev–Trinajstić information content (AvgIpc) is 1.34. The van der Waals surface area contributed by atoms with Crippen LogP contribution in [0.3, 0.4) is 0 Å². The highest BCUT2D eigenvalue weighted by atomic mass is 32.2.